The summed E-state index contributed by atoms with van der Waals surface area (Å²) in [5, 5.41) is 9.43. The van der Waals surface area contributed by atoms with Crippen molar-refractivity contribution in [2.24, 2.45) is 0 Å². The second kappa shape index (κ2) is 5.85. The first-order valence-corrected chi connectivity index (χ1v) is 6.60. The minimum absolute atomic E-state index is 0.132. The minimum Gasteiger partial charge on any atom is -0.497 e. The topological polar surface area (TPSA) is 74.2 Å². The Kier molecular flexibility index (Phi) is 3.74. The highest BCUT2D eigenvalue weighted by Crippen LogP contribution is 2.35. The van der Waals surface area contributed by atoms with Crippen LogP contribution in [0.15, 0.2) is 42.5 Å². The number of rotatable bonds is 5. The van der Waals surface area contributed by atoms with Gasteiger partial charge in [0.2, 0.25) is 12.9 Å². The number of aliphatic carboxylic acids is 1. The molecule has 6 nitrogen and oxygen atoms in total. The summed E-state index contributed by atoms with van der Waals surface area (Å²) in [5.41, 5.74) is 0.472. The molecule has 0 saturated carbocycles. The lowest BCUT2D eigenvalue weighted by molar-refractivity contribution is -0.145. The number of fused-ring (bicyclic) bond motifs is 1. The van der Waals surface area contributed by atoms with Crippen molar-refractivity contribution in [3.05, 3.63) is 48.0 Å². The number of carboxylic acids is 1. The number of carbonyl (C=O) groups is 1. The molecule has 0 radical (unpaired) electrons. The molecule has 1 aliphatic rings. The van der Waals surface area contributed by atoms with Gasteiger partial charge in [-0.2, -0.15) is 0 Å². The molecule has 1 atom stereocenters. The average Bonchev–Trinajstić information content (AvgIpc) is 3.00. The Balaban J connectivity index is 1.88. The maximum atomic E-state index is 11.5. The summed E-state index contributed by atoms with van der Waals surface area (Å²) in [6.07, 6.45) is -1.15. The molecule has 0 aliphatic carbocycles. The molecule has 0 saturated heterocycles. The van der Waals surface area contributed by atoms with E-state index in [4.69, 9.17) is 18.9 Å². The molecule has 1 unspecified atom stereocenters. The monoisotopic (exact) mass is 302 g/mol. The highest BCUT2D eigenvalue weighted by molar-refractivity contribution is 5.75. The van der Waals surface area contributed by atoms with E-state index in [2.05, 4.69) is 0 Å². The fourth-order valence-corrected chi connectivity index (χ4v) is 2.15. The first-order chi connectivity index (χ1) is 10.7. The third-order valence-electron chi connectivity index (χ3n) is 3.22. The number of ether oxygens (including phenoxy) is 4. The summed E-state index contributed by atoms with van der Waals surface area (Å²) < 4.78 is 21.2. The van der Waals surface area contributed by atoms with Crippen LogP contribution in [-0.4, -0.2) is 25.0 Å². The SMILES string of the molecule is COc1cccc(OC(C(=O)O)c2ccc3c(c2)OCO3)c1. The van der Waals surface area contributed by atoms with Crippen LogP contribution in [0.2, 0.25) is 0 Å². The zero-order valence-corrected chi connectivity index (χ0v) is 11.8. The summed E-state index contributed by atoms with van der Waals surface area (Å²) >= 11 is 0. The zero-order valence-electron chi connectivity index (χ0n) is 11.8. The number of methoxy groups -OCH3 is 1. The molecular formula is C16H14O6. The molecule has 0 bridgehead atoms. The van der Waals surface area contributed by atoms with Gasteiger partial charge in [-0.3, -0.25) is 0 Å². The first kappa shape index (κ1) is 14.1. The van der Waals surface area contributed by atoms with Gasteiger partial charge in [0.15, 0.2) is 11.5 Å². The van der Waals surface area contributed by atoms with Gasteiger partial charge in [0.25, 0.3) is 0 Å². The molecule has 3 rings (SSSR count). The molecule has 114 valence electrons. The van der Waals surface area contributed by atoms with Crippen LogP contribution >= 0.6 is 0 Å². The Labute approximate surface area is 126 Å². The van der Waals surface area contributed by atoms with Gasteiger partial charge in [0.05, 0.1) is 7.11 Å². The molecule has 1 aliphatic heterocycles. The molecule has 1 N–H and O–H groups in total. The van der Waals surface area contributed by atoms with Crippen LogP contribution in [0.1, 0.15) is 11.7 Å². The van der Waals surface area contributed by atoms with Gasteiger partial charge in [0.1, 0.15) is 11.5 Å². The fraction of sp³-hybridized carbons (Fsp3) is 0.188. The van der Waals surface area contributed by atoms with Crippen LogP contribution in [0.25, 0.3) is 0 Å². The summed E-state index contributed by atoms with van der Waals surface area (Å²) in [6, 6.07) is 11.7. The van der Waals surface area contributed by atoms with Crippen LogP contribution in [0.4, 0.5) is 0 Å². The van der Waals surface area contributed by atoms with Crippen LogP contribution in [0, 0.1) is 0 Å². The largest absolute Gasteiger partial charge is 0.497 e. The normalized spacial score (nSPS) is 13.5. The maximum absolute atomic E-state index is 11.5. The van der Waals surface area contributed by atoms with Gasteiger partial charge in [-0.05, 0) is 24.3 Å². The second-order valence-electron chi connectivity index (χ2n) is 4.63. The number of benzene rings is 2. The van der Waals surface area contributed by atoms with E-state index in [1.165, 1.54) is 7.11 Å². The molecule has 6 heteroatoms. The lowest BCUT2D eigenvalue weighted by atomic mass is 10.1. The molecule has 0 amide bonds. The number of hydrogen-bond donors (Lipinski definition) is 1. The van der Waals surface area contributed by atoms with Gasteiger partial charge in [-0.25, -0.2) is 4.79 Å². The maximum Gasteiger partial charge on any atom is 0.349 e. The standard InChI is InChI=1S/C16H14O6/c1-19-11-3-2-4-12(8-11)22-15(16(17)18)10-5-6-13-14(7-10)21-9-20-13/h2-8,15H,9H2,1H3,(H,17,18). The second-order valence-corrected chi connectivity index (χ2v) is 4.63. The molecule has 22 heavy (non-hydrogen) atoms. The fourth-order valence-electron chi connectivity index (χ4n) is 2.15. The summed E-state index contributed by atoms with van der Waals surface area (Å²) in [4.78, 5) is 11.5. The highest BCUT2D eigenvalue weighted by Gasteiger charge is 2.25. The van der Waals surface area contributed by atoms with E-state index in [9.17, 15) is 9.90 Å². The van der Waals surface area contributed by atoms with Crippen LogP contribution in [-0.2, 0) is 4.79 Å². The van der Waals surface area contributed by atoms with E-state index in [0.29, 0.717) is 28.6 Å². The molecule has 0 fully saturated rings. The Morgan fingerprint density at radius 1 is 1.14 bits per heavy atom. The summed E-state index contributed by atoms with van der Waals surface area (Å²) in [5.74, 6) is 1.01. The summed E-state index contributed by atoms with van der Waals surface area (Å²) in [7, 11) is 1.53. The minimum atomic E-state index is -1.15. The Bertz CT molecular complexity index is 697. The highest BCUT2D eigenvalue weighted by atomic mass is 16.7. The van der Waals surface area contributed by atoms with E-state index in [0.717, 1.165) is 0 Å². The number of hydrogen-bond acceptors (Lipinski definition) is 5. The van der Waals surface area contributed by atoms with Gasteiger partial charge < -0.3 is 24.1 Å². The van der Waals surface area contributed by atoms with Crippen LogP contribution in [0.5, 0.6) is 23.0 Å². The van der Waals surface area contributed by atoms with Crippen molar-refractivity contribution >= 4 is 5.97 Å². The van der Waals surface area contributed by atoms with E-state index >= 15 is 0 Å². The van der Waals surface area contributed by atoms with Gasteiger partial charge in [0, 0.05) is 11.6 Å². The Morgan fingerprint density at radius 3 is 2.68 bits per heavy atom. The predicted octanol–water partition coefficient (Wildman–Crippen LogP) is 2.63. The molecule has 1 heterocycles. The van der Waals surface area contributed by atoms with E-state index in [-0.39, 0.29) is 6.79 Å². The van der Waals surface area contributed by atoms with Gasteiger partial charge in [-0.15, -0.1) is 0 Å². The predicted molar refractivity (Wildman–Crippen MR) is 76.6 cm³/mol. The Morgan fingerprint density at radius 2 is 1.91 bits per heavy atom. The van der Waals surface area contributed by atoms with E-state index in [1.54, 1.807) is 42.5 Å². The van der Waals surface area contributed by atoms with Crippen molar-refractivity contribution in [1.82, 2.24) is 0 Å². The van der Waals surface area contributed by atoms with Crippen molar-refractivity contribution in [3.8, 4) is 23.0 Å². The van der Waals surface area contributed by atoms with Crippen molar-refractivity contribution in [1.29, 1.82) is 0 Å². The van der Waals surface area contributed by atoms with Crippen molar-refractivity contribution in [2.75, 3.05) is 13.9 Å². The lowest BCUT2D eigenvalue weighted by Gasteiger charge is -2.16. The third-order valence-corrected chi connectivity index (χ3v) is 3.22. The van der Waals surface area contributed by atoms with Crippen molar-refractivity contribution in [3.63, 3.8) is 0 Å². The molecule has 0 spiro atoms. The summed E-state index contributed by atoms with van der Waals surface area (Å²) in [6.45, 7) is 0.132. The average molecular weight is 302 g/mol. The van der Waals surface area contributed by atoms with Crippen molar-refractivity contribution in [2.45, 2.75) is 6.10 Å². The molecular weight excluding hydrogens is 288 g/mol. The van der Waals surface area contributed by atoms with Gasteiger partial charge >= 0.3 is 5.97 Å². The van der Waals surface area contributed by atoms with Crippen LogP contribution < -0.4 is 18.9 Å². The van der Waals surface area contributed by atoms with Crippen LogP contribution in [0.3, 0.4) is 0 Å². The number of carboxylic acid groups (broad SMARTS) is 1. The molecule has 2 aromatic rings. The zero-order chi connectivity index (χ0) is 15.5. The smallest absolute Gasteiger partial charge is 0.349 e. The van der Waals surface area contributed by atoms with E-state index < -0.39 is 12.1 Å². The lowest BCUT2D eigenvalue weighted by Crippen LogP contribution is -2.18. The van der Waals surface area contributed by atoms with Gasteiger partial charge in [-0.1, -0.05) is 12.1 Å². The molecule has 0 aromatic heterocycles. The molecule has 2 aromatic carbocycles. The quantitative estimate of drug-likeness (QED) is 0.915. The van der Waals surface area contributed by atoms with E-state index in [1.807, 2.05) is 0 Å². The van der Waals surface area contributed by atoms with Crippen molar-refractivity contribution < 1.29 is 28.8 Å². The third kappa shape index (κ3) is 2.76. The first-order valence-electron chi connectivity index (χ1n) is 6.60. The Hall–Kier alpha value is -2.89.